The molecule has 0 unspecified atom stereocenters. The highest BCUT2D eigenvalue weighted by atomic mass is 35.5. The van der Waals surface area contributed by atoms with Crippen molar-refractivity contribution in [2.75, 3.05) is 10.5 Å². The van der Waals surface area contributed by atoms with Crippen LogP contribution in [0.3, 0.4) is 0 Å². The monoisotopic (exact) mass is 343 g/mol. The quantitative estimate of drug-likeness (QED) is 0.839. The lowest BCUT2D eigenvalue weighted by atomic mass is 10.0. The van der Waals surface area contributed by atoms with Gasteiger partial charge in [0.15, 0.2) is 5.13 Å². The average molecular weight is 344 g/mol. The highest BCUT2D eigenvalue weighted by Gasteiger charge is 2.22. The summed E-state index contributed by atoms with van der Waals surface area (Å²) in [7, 11) is -3.78. The molecule has 0 aliphatic heterocycles. The first kappa shape index (κ1) is 14.6. The molecule has 0 fully saturated rings. The zero-order valence-electron chi connectivity index (χ0n) is 11.1. The molecule has 8 heteroatoms. The summed E-state index contributed by atoms with van der Waals surface area (Å²) in [6, 6.07) is 4.37. The molecule has 1 aliphatic carbocycles. The average Bonchev–Trinajstić information content (AvgIpc) is 2.82. The largest absolute Gasteiger partial charge is 0.398 e. The van der Waals surface area contributed by atoms with Gasteiger partial charge in [0, 0.05) is 9.90 Å². The van der Waals surface area contributed by atoms with Gasteiger partial charge in [-0.2, -0.15) is 0 Å². The number of hydrogen-bond donors (Lipinski definition) is 2. The van der Waals surface area contributed by atoms with Crippen molar-refractivity contribution in [3.05, 3.63) is 33.8 Å². The van der Waals surface area contributed by atoms with Crippen LogP contribution < -0.4 is 10.5 Å². The fraction of sp³-hybridized carbons (Fsp3) is 0.308. The third-order valence-corrected chi connectivity index (χ3v) is 6.16. The fourth-order valence-electron chi connectivity index (χ4n) is 2.31. The minimum atomic E-state index is -3.78. The molecule has 0 bridgehead atoms. The number of halogens is 1. The molecular weight excluding hydrogens is 330 g/mol. The number of anilines is 2. The van der Waals surface area contributed by atoms with E-state index in [2.05, 4.69) is 9.71 Å². The van der Waals surface area contributed by atoms with Gasteiger partial charge in [-0.05, 0) is 43.9 Å². The van der Waals surface area contributed by atoms with Gasteiger partial charge in [0.05, 0.1) is 11.4 Å². The number of aromatic nitrogens is 1. The molecule has 0 atom stereocenters. The lowest BCUT2D eigenvalue weighted by molar-refractivity contribution is 0.601. The maximum Gasteiger partial charge on any atom is 0.265 e. The molecule has 1 aromatic carbocycles. The van der Waals surface area contributed by atoms with Gasteiger partial charge in [-0.25, -0.2) is 13.4 Å². The number of benzene rings is 1. The van der Waals surface area contributed by atoms with Gasteiger partial charge < -0.3 is 5.73 Å². The smallest absolute Gasteiger partial charge is 0.265 e. The maximum absolute atomic E-state index is 12.4. The SMILES string of the molecule is Nc1ccc(Cl)cc1S(=O)(=O)Nc1nc2c(s1)CCCC2. The Morgan fingerprint density at radius 3 is 2.81 bits per heavy atom. The van der Waals surface area contributed by atoms with Gasteiger partial charge in [0.25, 0.3) is 10.0 Å². The van der Waals surface area contributed by atoms with Crippen molar-refractivity contribution < 1.29 is 8.42 Å². The molecule has 1 aliphatic rings. The number of hydrogen-bond acceptors (Lipinski definition) is 5. The predicted molar refractivity (Wildman–Crippen MR) is 85.4 cm³/mol. The van der Waals surface area contributed by atoms with Crippen LogP contribution in [0.15, 0.2) is 23.1 Å². The van der Waals surface area contributed by atoms with Crippen molar-refractivity contribution in [3.63, 3.8) is 0 Å². The van der Waals surface area contributed by atoms with Gasteiger partial charge in [-0.15, -0.1) is 11.3 Å². The van der Waals surface area contributed by atoms with Gasteiger partial charge in [-0.3, -0.25) is 4.72 Å². The molecule has 2 aromatic rings. The van der Waals surface area contributed by atoms with E-state index in [9.17, 15) is 8.42 Å². The Balaban J connectivity index is 1.92. The van der Waals surface area contributed by atoms with Crippen molar-refractivity contribution in [2.45, 2.75) is 30.6 Å². The zero-order valence-corrected chi connectivity index (χ0v) is 13.5. The molecule has 1 heterocycles. The second kappa shape index (κ2) is 5.47. The lowest BCUT2D eigenvalue weighted by Gasteiger charge is -2.08. The molecule has 0 saturated carbocycles. The second-order valence-electron chi connectivity index (χ2n) is 4.88. The predicted octanol–water partition coefficient (Wildman–Crippen LogP) is 3.06. The second-order valence-corrected chi connectivity index (χ2v) is 8.05. The van der Waals surface area contributed by atoms with E-state index < -0.39 is 10.0 Å². The highest BCUT2D eigenvalue weighted by Crippen LogP contribution is 2.32. The number of rotatable bonds is 3. The van der Waals surface area contributed by atoms with E-state index >= 15 is 0 Å². The Morgan fingerprint density at radius 1 is 1.29 bits per heavy atom. The number of nitrogen functional groups attached to an aromatic ring is 1. The number of aryl methyl sites for hydroxylation is 2. The van der Waals surface area contributed by atoms with Gasteiger partial charge in [0.2, 0.25) is 0 Å². The first-order chi connectivity index (χ1) is 9.95. The van der Waals surface area contributed by atoms with Crippen LogP contribution in [0.4, 0.5) is 10.8 Å². The van der Waals surface area contributed by atoms with E-state index in [4.69, 9.17) is 17.3 Å². The van der Waals surface area contributed by atoms with Crippen molar-refractivity contribution in [1.29, 1.82) is 0 Å². The summed E-state index contributed by atoms with van der Waals surface area (Å²) < 4.78 is 27.3. The zero-order chi connectivity index (χ0) is 15.0. The number of fused-ring (bicyclic) bond motifs is 1. The van der Waals surface area contributed by atoms with Crippen LogP contribution in [0.2, 0.25) is 5.02 Å². The van der Waals surface area contributed by atoms with Crippen LogP contribution in [-0.4, -0.2) is 13.4 Å². The first-order valence-corrected chi connectivity index (χ1v) is 9.20. The minimum absolute atomic E-state index is 0.0248. The van der Waals surface area contributed by atoms with Crippen LogP contribution >= 0.6 is 22.9 Å². The lowest BCUT2D eigenvalue weighted by Crippen LogP contribution is -2.14. The summed E-state index contributed by atoms with van der Waals surface area (Å²) in [6.45, 7) is 0. The summed E-state index contributed by atoms with van der Waals surface area (Å²) in [5, 5.41) is 0.712. The van der Waals surface area contributed by atoms with Crippen LogP contribution in [0.1, 0.15) is 23.4 Å². The van der Waals surface area contributed by atoms with E-state index in [-0.39, 0.29) is 10.6 Å². The van der Waals surface area contributed by atoms with Gasteiger partial charge >= 0.3 is 0 Å². The number of nitrogens with two attached hydrogens (primary N) is 1. The normalized spacial score (nSPS) is 14.7. The van der Waals surface area contributed by atoms with Crippen LogP contribution in [0.25, 0.3) is 0 Å². The maximum atomic E-state index is 12.4. The third-order valence-electron chi connectivity index (χ3n) is 3.33. The van der Waals surface area contributed by atoms with E-state index in [1.54, 1.807) is 6.07 Å². The van der Waals surface area contributed by atoms with Crippen LogP contribution in [0.5, 0.6) is 0 Å². The van der Waals surface area contributed by atoms with E-state index in [0.29, 0.717) is 10.2 Å². The molecule has 21 heavy (non-hydrogen) atoms. The Labute approximate surface area is 132 Å². The van der Waals surface area contributed by atoms with Gasteiger partial charge in [-0.1, -0.05) is 11.6 Å². The molecule has 0 saturated heterocycles. The Hall–Kier alpha value is -1.31. The fourth-order valence-corrected chi connectivity index (χ4v) is 4.99. The standard InChI is InChI=1S/C13H14ClN3O2S2/c14-8-5-6-9(15)12(7-8)21(18,19)17-13-16-10-3-1-2-4-11(10)20-13/h5-7H,1-4,15H2,(H,16,17). The number of nitrogens with one attached hydrogen (secondary N) is 1. The Bertz CT molecular complexity index is 763. The molecule has 1 aromatic heterocycles. The number of sulfonamides is 1. The molecule has 3 rings (SSSR count). The summed E-state index contributed by atoms with van der Waals surface area (Å²) >= 11 is 7.24. The summed E-state index contributed by atoms with van der Waals surface area (Å²) in [4.78, 5) is 5.51. The van der Waals surface area contributed by atoms with Crippen molar-refractivity contribution >= 4 is 43.8 Å². The van der Waals surface area contributed by atoms with Crippen LogP contribution in [0, 0.1) is 0 Å². The Morgan fingerprint density at radius 2 is 2.05 bits per heavy atom. The summed E-state index contributed by atoms with van der Waals surface area (Å²) in [5.41, 5.74) is 6.90. The first-order valence-electron chi connectivity index (χ1n) is 6.52. The van der Waals surface area contributed by atoms with E-state index in [1.807, 2.05) is 0 Å². The molecule has 5 nitrogen and oxygen atoms in total. The molecule has 3 N–H and O–H groups in total. The Kier molecular flexibility index (Phi) is 3.81. The van der Waals surface area contributed by atoms with E-state index in [0.717, 1.165) is 36.3 Å². The summed E-state index contributed by atoms with van der Waals surface area (Å²) in [6.07, 6.45) is 4.10. The van der Waals surface area contributed by atoms with Gasteiger partial charge in [0.1, 0.15) is 4.90 Å². The highest BCUT2D eigenvalue weighted by molar-refractivity contribution is 7.93. The molecule has 112 valence electrons. The van der Waals surface area contributed by atoms with Crippen molar-refractivity contribution in [1.82, 2.24) is 4.98 Å². The third kappa shape index (κ3) is 3.00. The van der Waals surface area contributed by atoms with E-state index in [1.165, 1.54) is 23.5 Å². The molecule has 0 radical (unpaired) electrons. The van der Waals surface area contributed by atoms with Crippen molar-refractivity contribution in [2.24, 2.45) is 0 Å². The van der Waals surface area contributed by atoms with Crippen LogP contribution in [-0.2, 0) is 22.9 Å². The molecule has 0 spiro atoms. The number of thiazole rings is 1. The summed E-state index contributed by atoms with van der Waals surface area (Å²) in [5.74, 6) is 0. The topological polar surface area (TPSA) is 85.1 Å². The molecule has 0 amide bonds. The molecular formula is C13H14ClN3O2S2. The number of nitrogens with zero attached hydrogens (tertiary/aromatic N) is 1. The minimum Gasteiger partial charge on any atom is -0.398 e. The van der Waals surface area contributed by atoms with Crippen molar-refractivity contribution in [3.8, 4) is 0 Å².